The highest BCUT2D eigenvalue weighted by Crippen LogP contribution is 2.49. The molecular weight excluding hydrogens is 763 g/mol. The van der Waals surface area contributed by atoms with Gasteiger partial charge in [0.2, 0.25) is 16.4 Å². The largest absolute Gasteiger partial charge is 0.504 e. The number of Topliss-reactive ketones (excluding diaryl/α,β-unsaturated/α-hetero) is 1. The summed E-state index contributed by atoms with van der Waals surface area (Å²) in [5.41, 5.74) is 4.80. The smallest absolute Gasteiger partial charge is 0.350 e. The highest BCUT2D eigenvalue weighted by molar-refractivity contribution is 8.02. The van der Waals surface area contributed by atoms with E-state index in [1.165, 1.54) is 0 Å². The first-order chi connectivity index (χ1) is 24.0. The van der Waals surface area contributed by atoms with E-state index in [4.69, 9.17) is 33.8 Å². The maximum atomic E-state index is 13.5. The summed E-state index contributed by atoms with van der Waals surface area (Å²) in [6.45, 7) is -1.07. The summed E-state index contributed by atoms with van der Waals surface area (Å²) >= 11 is 13.5. The van der Waals surface area contributed by atoms with Crippen molar-refractivity contribution in [2.45, 2.75) is 41.2 Å². The zero-order valence-electron chi connectivity index (χ0n) is 25.5. The Balaban J connectivity index is 1.17. The van der Waals surface area contributed by atoms with E-state index in [2.05, 4.69) is 20.9 Å². The number of ketones is 1. The number of nitrogens with two attached hydrogens (primary N) is 1. The average Bonchev–Trinajstić information content (AvgIpc) is 3.72. The molecule has 1 aromatic carbocycles. The molecule has 1 aliphatic carbocycles. The van der Waals surface area contributed by atoms with Crippen LogP contribution < -0.4 is 16.5 Å². The van der Waals surface area contributed by atoms with Crippen molar-refractivity contribution in [1.82, 2.24) is 30.5 Å². The topological polar surface area (TPSA) is 295 Å². The van der Waals surface area contributed by atoms with Crippen molar-refractivity contribution < 1.29 is 58.8 Å². The number of β-lactam (4-membered cyclic amide) rings is 1. The van der Waals surface area contributed by atoms with Crippen LogP contribution in [0.3, 0.4) is 0 Å². The first-order valence-corrected chi connectivity index (χ1v) is 17.1. The second-order valence-electron chi connectivity index (χ2n) is 11.5. The van der Waals surface area contributed by atoms with Crippen LogP contribution in [0.15, 0.2) is 17.3 Å². The summed E-state index contributed by atoms with van der Waals surface area (Å²) in [5.74, 6) is -8.74. The molecule has 0 radical (unpaired) electrons. The second kappa shape index (κ2) is 12.9. The SMILES string of the molecule is Nc1nc(/C(=N/OC2(C(=O)O)CCC2)C(=O)N[C@@H]2C(=O)N3C[C@@](C(=O)O)(N4CCN(NC(=O)C(=O)c5ccc(O)c(O)c5Cl)C4=O)S[C@H]23)c(Cl)s1. The molecule has 6 rings (SSSR count). The summed E-state index contributed by atoms with van der Waals surface area (Å²) < 4.78 is -0.0834. The average molecular weight is 788 g/mol. The third kappa shape index (κ3) is 5.86. The normalized spacial score (nSPS) is 23.6. The summed E-state index contributed by atoms with van der Waals surface area (Å²) in [5, 5.41) is 44.5. The van der Waals surface area contributed by atoms with Gasteiger partial charge in [0.25, 0.3) is 11.7 Å². The van der Waals surface area contributed by atoms with Crippen LogP contribution in [0.1, 0.15) is 35.3 Å². The van der Waals surface area contributed by atoms with Crippen LogP contribution >= 0.6 is 46.3 Å². The highest BCUT2D eigenvalue weighted by Gasteiger charge is 2.66. The number of amides is 5. The van der Waals surface area contributed by atoms with E-state index in [1.54, 1.807) is 0 Å². The van der Waals surface area contributed by atoms with Gasteiger partial charge in [0.15, 0.2) is 22.3 Å². The van der Waals surface area contributed by atoms with Crippen LogP contribution in [0.2, 0.25) is 9.36 Å². The minimum absolute atomic E-state index is 0.0519. The number of urea groups is 1. The number of nitrogens with zero attached hydrogens (tertiary/aromatic N) is 5. The molecular formula is C27H24Cl2N8O12S2. The number of carboxylic acid groups (broad SMARTS) is 2. The number of carboxylic acids is 2. The molecule has 270 valence electrons. The molecule has 3 atom stereocenters. The molecule has 8 N–H and O–H groups in total. The molecule has 2 aromatic rings. The lowest BCUT2D eigenvalue weighted by Crippen LogP contribution is -2.68. The Morgan fingerprint density at radius 1 is 1.06 bits per heavy atom. The fourth-order valence-electron chi connectivity index (χ4n) is 5.65. The van der Waals surface area contributed by atoms with E-state index in [1.807, 2.05) is 0 Å². The van der Waals surface area contributed by atoms with Gasteiger partial charge in [-0.2, -0.15) is 0 Å². The third-order valence-electron chi connectivity index (χ3n) is 8.59. The van der Waals surface area contributed by atoms with Crippen molar-refractivity contribution in [2.24, 2.45) is 5.16 Å². The molecule has 0 unspecified atom stereocenters. The predicted octanol–water partition coefficient (Wildman–Crippen LogP) is 0.00380. The number of carbonyl (C=O) groups is 7. The summed E-state index contributed by atoms with van der Waals surface area (Å²) in [4.78, 5) is 99.3. The van der Waals surface area contributed by atoms with E-state index in [9.17, 15) is 54.0 Å². The molecule has 1 aromatic heterocycles. The van der Waals surface area contributed by atoms with E-state index < -0.39 is 97.7 Å². The number of nitrogens with one attached hydrogen (secondary N) is 2. The molecule has 4 aliphatic rings. The zero-order chi connectivity index (χ0) is 37.2. The predicted molar refractivity (Wildman–Crippen MR) is 175 cm³/mol. The molecule has 5 amide bonds. The van der Waals surface area contributed by atoms with Gasteiger partial charge in [-0.15, -0.1) is 0 Å². The van der Waals surface area contributed by atoms with Gasteiger partial charge < -0.3 is 41.2 Å². The summed E-state index contributed by atoms with van der Waals surface area (Å²) in [6, 6.07) is -0.481. The number of fused-ring (bicyclic) bond motifs is 1. The number of hydrazine groups is 1. The molecule has 3 aliphatic heterocycles. The summed E-state index contributed by atoms with van der Waals surface area (Å²) in [7, 11) is 0. The van der Waals surface area contributed by atoms with Crippen LogP contribution in [-0.2, 0) is 28.8 Å². The second-order valence-corrected chi connectivity index (χ2v) is 14.9. The van der Waals surface area contributed by atoms with E-state index in [0.717, 1.165) is 33.3 Å². The van der Waals surface area contributed by atoms with Crippen molar-refractivity contribution in [3.05, 3.63) is 32.7 Å². The maximum Gasteiger partial charge on any atom is 0.350 e. The number of hydrogen-bond acceptors (Lipinski definition) is 15. The van der Waals surface area contributed by atoms with Gasteiger partial charge in [-0.3, -0.25) is 29.5 Å². The number of aliphatic carboxylic acids is 2. The van der Waals surface area contributed by atoms with E-state index in [0.29, 0.717) is 23.2 Å². The fourth-order valence-corrected chi connectivity index (χ4v) is 8.46. The molecule has 3 saturated heterocycles. The quantitative estimate of drug-likeness (QED) is 0.0394. The number of halogens is 2. The molecule has 4 fully saturated rings. The first kappa shape index (κ1) is 35.8. The van der Waals surface area contributed by atoms with Crippen LogP contribution in [-0.4, -0.2) is 129 Å². The maximum absolute atomic E-state index is 13.5. The Kier molecular flexibility index (Phi) is 9.06. The highest BCUT2D eigenvalue weighted by atomic mass is 35.5. The number of phenolic OH excluding ortho intramolecular Hbond substituents is 2. The Labute approximate surface area is 303 Å². The van der Waals surface area contributed by atoms with Gasteiger partial charge >= 0.3 is 23.9 Å². The Bertz CT molecular complexity index is 1960. The Morgan fingerprint density at radius 3 is 2.35 bits per heavy atom. The standard InChI is InChI=1S/C27H24Cl2N8O12S2/c28-11-9(2-3-10(38)16(11)40)15(39)19(42)33-37-7-6-36(25(37)48)27(23(46)47)8-35-20(43)14(21(35)51-27)31-18(41)13(12-17(29)50-24(30)32-12)34-49-26(22(44)45)4-1-5-26/h2-3,14,21,38,40H,1,4-8H2,(H2,30,32)(H,31,41)(H,33,42)(H,44,45)(H,46,47)/b34-13-/t14-,21-,27-/m1/s1. The number of aromatic hydroxyl groups is 2. The van der Waals surface area contributed by atoms with E-state index >= 15 is 0 Å². The number of aromatic nitrogens is 1. The number of nitrogen functional groups attached to an aromatic ring is 1. The van der Waals surface area contributed by atoms with Crippen molar-refractivity contribution >= 4 is 98.6 Å². The number of phenols is 2. The lowest BCUT2D eigenvalue weighted by atomic mass is 9.80. The molecule has 24 heteroatoms. The van der Waals surface area contributed by atoms with Gasteiger partial charge in [-0.25, -0.2) is 24.4 Å². The number of carbonyl (C=O) groups excluding carboxylic acids is 5. The number of hydrogen-bond donors (Lipinski definition) is 7. The lowest BCUT2D eigenvalue weighted by Gasteiger charge is -2.41. The van der Waals surface area contributed by atoms with Crippen LogP contribution in [0, 0.1) is 0 Å². The molecule has 51 heavy (non-hydrogen) atoms. The lowest BCUT2D eigenvalue weighted by molar-refractivity contribution is -0.178. The minimum Gasteiger partial charge on any atom is -0.504 e. The van der Waals surface area contributed by atoms with E-state index in [-0.39, 0.29) is 41.1 Å². The number of benzene rings is 1. The molecule has 1 saturated carbocycles. The van der Waals surface area contributed by atoms with Crippen LogP contribution in [0.4, 0.5) is 9.93 Å². The summed E-state index contributed by atoms with van der Waals surface area (Å²) in [6.07, 6.45) is 0.763. The molecule has 20 nitrogen and oxygen atoms in total. The molecule has 0 spiro atoms. The number of anilines is 1. The number of thiazole rings is 1. The third-order valence-corrected chi connectivity index (χ3v) is 11.7. The zero-order valence-corrected chi connectivity index (χ0v) is 28.6. The molecule has 0 bridgehead atoms. The van der Waals surface area contributed by atoms with Crippen molar-refractivity contribution in [3.8, 4) is 11.5 Å². The number of rotatable bonds is 11. The first-order valence-electron chi connectivity index (χ1n) is 14.6. The minimum atomic E-state index is -2.10. The van der Waals surface area contributed by atoms with Crippen LogP contribution in [0.25, 0.3) is 0 Å². The molecule has 4 heterocycles. The van der Waals surface area contributed by atoms with Crippen molar-refractivity contribution in [3.63, 3.8) is 0 Å². The van der Waals surface area contributed by atoms with Gasteiger partial charge in [0.05, 0.1) is 23.7 Å². The van der Waals surface area contributed by atoms with Crippen molar-refractivity contribution in [1.29, 1.82) is 0 Å². The van der Waals surface area contributed by atoms with Crippen molar-refractivity contribution in [2.75, 3.05) is 25.4 Å². The van der Waals surface area contributed by atoms with Crippen LogP contribution in [0.5, 0.6) is 11.5 Å². The number of oxime groups is 1. The monoisotopic (exact) mass is 786 g/mol. The Morgan fingerprint density at radius 2 is 1.76 bits per heavy atom. The van der Waals surface area contributed by atoms with Gasteiger partial charge in [0, 0.05) is 19.4 Å². The van der Waals surface area contributed by atoms with Gasteiger partial charge in [0.1, 0.15) is 21.4 Å². The van der Waals surface area contributed by atoms with Gasteiger partial charge in [-0.1, -0.05) is 51.5 Å². The Hall–Kier alpha value is -5.06. The number of thioether (sulfide) groups is 1. The van der Waals surface area contributed by atoms with Gasteiger partial charge in [-0.05, 0) is 18.6 Å². The fraction of sp³-hybridized carbons (Fsp3) is 0.370.